The van der Waals surface area contributed by atoms with Crippen molar-refractivity contribution in [1.29, 1.82) is 0 Å². The summed E-state index contributed by atoms with van der Waals surface area (Å²) in [5.41, 5.74) is 4.12. The Morgan fingerprint density at radius 1 is 0.970 bits per heavy atom. The van der Waals surface area contributed by atoms with Gasteiger partial charge in [-0.2, -0.15) is 0 Å². The van der Waals surface area contributed by atoms with Crippen LogP contribution in [0.2, 0.25) is 0 Å². The van der Waals surface area contributed by atoms with E-state index in [2.05, 4.69) is 26.8 Å². The highest BCUT2D eigenvalue weighted by Gasteiger charge is 2.50. The monoisotopic (exact) mass is 441 g/mol. The first-order chi connectivity index (χ1) is 15.5. The molecular formula is C29H31NO3. The van der Waals surface area contributed by atoms with E-state index < -0.39 is 11.5 Å². The molecule has 0 saturated heterocycles. The van der Waals surface area contributed by atoms with E-state index in [9.17, 15) is 14.7 Å². The quantitative estimate of drug-likeness (QED) is 0.524. The summed E-state index contributed by atoms with van der Waals surface area (Å²) in [5, 5.41) is 11.6. The topological polar surface area (TPSA) is 57.6 Å². The van der Waals surface area contributed by atoms with E-state index in [0.29, 0.717) is 23.4 Å². The van der Waals surface area contributed by atoms with Crippen LogP contribution in [0, 0.1) is 13.8 Å². The van der Waals surface area contributed by atoms with Crippen molar-refractivity contribution < 1.29 is 14.7 Å². The number of aryl methyl sites for hydroxylation is 2. The van der Waals surface area contributed by atoms with E-state index in [1.165, 1.54) is 0 Å². The maximum Gasteiger partial charge on any atom is 0.264 e. The van der Waals surface area contributed by atoms with E-state index in [-0.39, 0.29) is 17.6 Å². The number of amides is 1. The first-order valence-corrected chi connectivity index (χ1v) is 11.3. The minimum atomic E-state index is -1.88. The van der Waals surface area contributed by atoms with Crippen molar-refractivity contribution >= 4 is 17.4 Å². The standard InChI is InChI=1S/C29H31NO3/c1-19-10-11-22(20(2)16-19)18-30-25-9-7-6-8-24(25)29(33,27(30)32)17-26(31)21-12-14-23(15-13-21)28(3,4)5/h6-16,33H,17-18H2,1-5H3/t29-/m0/s1. The smallest absolute Gasteiger partial charge is 0.264 e. The normalized spacial score (nSPS) is 17.9. The number of carbonyl (C=O) groups excluding carboxylic acids is 2. The molecule has 3 aromatic rings. The van der Waals surface area contributed by atoms with Gasteiger partial charge in [-0.15, -0.1) is 0 Å². The Hall–Kier alpha value is -3.24. The first-order valence-electron chi connectivity index (χ1n) is 11.3. The van der Waals surface area contributed by atoms with Crippen molar-refractivity contribution in [2.45, 2.75) is 58.6 Å². The number of fused-ring (bicyclic) bond motifs is 1. The van der Waals surface area contributed by atoms with Gasteiger partial charge in [-0.3, -0.25) is 9.59 Å². The molecule has 1 aliphatic heterocycles. The van der Waals surface area contributed by atoms with Crippen LogP contribution in [0.1, 0.15) is 65.4 Å². The van der Waals surface area contributed by atoms with Crippen LogP contribution >= 0.6 is 0 Å². The highest BCUT2D eigenvalue weighted by atomic mass is 16.3. The molecule has 0 spiro atoms. The summed E-state index contributed by atoms with van der Waals surface area (Å²) in [6, 6.07) is 20.8. The van der Waals surface area contributed by atoms with Crippen LogP contribution in [0.4, 0.5) is 5.69 Å². The summed E-state index contributed by atoms with van der Waals surface area (Å²) < 4.78 is 0. The fourth-order valence-electron chi connectivity index (χ4n) is 4.52. The summed E-state index contributed by atoms with van der Waals surface area (Å²) >= 11 is 0. The number of para-hydroxylation sites is 1. The van der Waals surface area contributed by atoms with Crippen molar-refractivity contribution in [3.8, 4) is 0 Å². The summed E-state index contributed by atoms with van der Waals surface area (Å²) in [6.45, 7) is 10.7. The molecule has 1 atom stereocenters. The Kier molecular flexibility index (Phi) is 5.75. The SMILES string of the molecule is Cc1ccc(CN2C(=O)[C@](O)(CC(=O)c3ccc(C(C)(C)C)cc3)c3ccccc32)c(C)c1. The van der Waals surface area contributed by atoms with Crippen molar-refractivity contribution in [2.75, 3.05) is 4.90 Å². The largest absolute Gasteiger partial charge is 0.375 e. The van der Waals surface area contributed by atoms with E-state index in [1.54, 1.807) is 29.2 Å². The van der Waals surface area contributed by atoms with E-state index in [4.69, 9.17) is 0 Å². The maximum absolute atomic E-state index is 13.5. The number of hydrogen-bond donors (Lipinski definition) is 1. The van der Waals surface area contributed by atoms with E-state index in [1.807, 2.05) is 50.2 Å². The van der Waals surface area contributed by atoms with Crippen molar-refractivity contribution in [2.24, 2.45) is 0 Å². The number of hydrogen-bond acceptors (Lipinski definition) is 3. The number of rotatable bonds is 5. The average molecular weight is 442 g/mol. The molecule has 0 saturated carbocycles. The van der Waals surface area contributed by atoms with Gasteiger partial charge in [0.1, 0.15) is 0 Å². The molecule has 0 radical (unpaired) electrons. The van der Waals surface area contributed by atoms with Gasteiger partial charge in [0.25, 0.3) is 5.91 Å². The lowest BCUT2D eigenvalue weighted by molar-refractivity contribution is -0.136. The van der Waals surface area contributed by atoms with Gasteiger partial charge in [0.05, 0.1) is 18.7 Å². The lowest BCUT2D eigenvalue weighted by Gasteiger charge is -2.24. The average Bonchev–Trinajstić information content (AvgIpc) is 2.97. The predicted molar refractivity (Wildman–Crippen MR) is 132 cm³/mol. The lowest BCUT2D eigenvalue weighted by atomic mass is 9.85. The molecule has 4 nitrogen and oxygen atoms in total. The molecule has 4 heteroatoms. The third-order valence-electron chi connectivity index (χ3n) is 6.56. The number of nitrogens with zero attached hydrogens (tertiary/aromatic N) is 1. The van der Waals surface area contributed by atoms with Crippen LogP contribution in [0.25, 0.3) is 0 Å². The van der Waals surface area contributed by atoms with Crippen molar-refractivity contribution in [3.63, 3.8) is 0 Å². The Balaban J connectivity index is 1.64. The molecule has 33 heavy (non-hydrogen) atoms. The molecular weight excluding hydrogens is 410 g/mol. The number of aliphatic hydroxyl groups is 1. The van der Waals surface area contributed by atoms with Gasteiger partial charge in [-0.25, -0.2) is 0 Å². The molecule has 0 bridgehead atoms. The highest BCUT2D eigenvalue weighted by molar-refractivity contribution is 6.10. The molecule has 1 aliphatic rings. The molecule has 1 N–H and O–H groups in total. The highest BCUT2D eigenvalue weighted by Crippen LogP contribution is 2.43. The van der Waals surface area contributed by atoms with E-state index >= 15 is 0 Å². The molecule has 0 aromatic heterocycles. The second-order valence-electron chi connectivity index (χ2n) is 10.1. The van der Waals surface area contributed by atoms with Crippen molar-refractivity contribution in [3.05, 3.63) is 100 Å². The van der Waals surface area contributed by atoms with Gasteiger partial charge in [-0.1, -0.05) is 87.0 Å². The van der Waals surface area contributed by atoms with Crippen molar-refractivity contribution in [1.82, 2.24) is 0 Å². The second kappa shape index (κ2) is 8.27. The number of Topliss-reactive ketones (excluding diaryl/α,β-unsaturated/α-hetero) is 1. The number of anilines is 1. The minimum absolute atomic E-state index is 0.0191. The molecule has 4 rings (SSSR count). The van der Waals surface area contributed by atoms with Gasteiger partial charge < -0.3 is 10.0 Å². The van der Waals surface area contributed by atoms with Crippen LogP contribution in [0.15, 0.2) is 66.7 Å². The zero-order chi connectivity index (χ0) is 24.0. The first kappa shape index (κ1) is 22.9. The fourth-order valence-corrected chi connectivity index (χ4v) is 4.52. The maximum atomic E-state index is 13.5. The van der Waals surface area contributed by atoms with Crippen LogP contribution < -0.4 is 4.90 Å². The fraction of sp³-hybridized carbons (Fsp3) is 0.310. The van der Waals surface area contributed by atoms with Gasteiger partial charge in [0, 0.05) is 11.1 Å². The summed E-state index contributed by atoms with van der Waals surface area (Å²) in [4.78, 5) is 28.3. The third kappa shape index (κ3) is 4.23. The van der Waals surface area contributed by atoms with E-state index in [0.717, 1.165) is 22.3 Å². The molecule has 0 unspecified atom stereocenters. The van der Waals surface area contributed by atoms with Crippen LogP contribution in [-0.4, -0.2) is 16.8 Å². The Bertz CT molecular complexity index is 1220. The second-order valence-corrected chi connectivity index (χ2v) is 10.1. The summed E-state index contributed by atoms with van der Waals surface area (Å²) in [5.74, 6) is -0.710. The number of benzene rings is 3. The Morgan fingerprint density at radius 3 is 2.27 bits per heavy atom. The van der Waals surface area contributed by atoms with Gasteiger partial charge in [0.2, 0.25) is 0 Å². The number of ketones is 1. The zero-order valence-electron chi connectivity index (χ0n) is 20.0. The minimum Gasteiger partial charge on any atom is -0.375 e. The predicted octanol–water partition coefficient (Wildman–Crippen LogP) is 5.61. The van der Waals surface area contributed by atoms with Crippen LogP contribution in [-0.2, 0) is 22.4 Å². The molecule has 1 heterocycles. The van der Waals surface area contributed by atoms with Crippen LogP contribution in [0.5, 0.6) is 0 Å². The summed E-state index contributed by atoms with van der Waals surface area (Å²) in [7, 11) is 0. The van der Waals surface area contributed by atoms with Gasteiger partial charge in [0.15, 0.2) is 11.4 Å². The lowest BCUT2D eigenvalue weighted by Crippen LogP contribution is -2.41. The zero-order valence-corrected chi connectivity index (χ0v) is 20.0. The number of carbonyl (C=O) groups is 2. The molecule has 1 amide bonds. The Morgan fingerprint density at radius 2 is 1.64 bits per heavy atom. The molecule has 170 valence electrons. The van der Waals surface area contributed by atoms with Crippen LogP contribution in [0.3, 0.4) is 0 Å². The van der Waals surface area contributed by atoms with Gasteiger partial charge >= 0.3 is 0 Å². The summed E-state index contributed by atoms with van der Waals surface area (Å²) in [6.07, 6.45) is -0.291. The molecule has 3 aromatic carbocycles. The third-order valence-corrected chi connectivity index (χ3v) is 6.56. The molecule has 0 aliphatic carbocycles. The molecule has 0 fully saturated rings. The van der Waals surface area contributed by atoms with Gasteiger partial charge in [-0.05, 0) is 42.0 Å². The Labute approximate surface area is 195 Å².